The van der Waals surface area contributed by atoms with Gasteiger partial charge in [-0.05, 0) is 26.2 Å². The third-order valence-electron chi connectivity index (χ3n) is 2.48. The summed E-state index contributed by atoms with van der Waals surface area (Å²) in [4.78, 5) is 6.20. The molecule has 0 radical (unpaired) electrons. The first kappa shape index (κ1) is 13.5. The Morgan fingerprint density at radius 1 is 1.32 bits per heavy atom. The van der Waals surface area contributed by atoms with Gasteiger partial charge in [-0.25, -0.2) is 0 Å². The zero-order valence-electron chi connectivity index (χ0n) is 11.1. The number of hydrogen-bond acceptors (Lipinski definition) is 6. The number of ether oxygens (including phenoxy) is 1. The summed E-state index contributed by atoms with van der Waals surface area (Å²) < 4.78 is 10.6. The SMILES string of the molecule is CN(C)CC(N)c1noc(COc2ccccc2)n1. The van der Waals surface area contributed by atoms with E-state index in [-0.39, 0.29) is 12.6 Å². The van der Waals surface area contributed by atoms with Gasteiger partial charge in [0.15, 0.2) is 12.4 Å². The fourth-order valence-electron chi connectivity index (χ4n) is 1.61. The minimum atomic E-state index is -0.260. The van der Waals surface area contributed by atoms with Crippen molar-refractivity contribution in [2.24, 2.45) is 5.73 Å². The highest BCUT2D eigenvalue weighted by molar-refractivity contribution is 5.20. The van der Waals surface area contributed by atoms with E-state index < -0.39 is 0 Å². The van der Waals surface area contributed by atoms with E-state index in [0.717, 1.165) is 5.75 Å². The Balaban J connectivity index is 1.90. The van der Waals surface area contributed by atoms with E-state index >= 15 is 0 Å². The van der Waals surface area contributed by atoms with E-state index in [2.05, 4.69) is 10.1 Å². The Morgan fingerprint density at radius 2 is 2.05 bits per heavy atom. The van der Waals surface area contributed by atoms with Crippen LogP contribution in [0.25, 0.3) is 0 Å². The molecule has 6 heteroatoms. The van der Waals surface area contributed by atoms with Crippen molar-refractivity contribution in [3.05, 3.63) is 42.0 Å². The van der Waals surface area contributed by atoms with Gasteiger partial charge in [0.2, 0.25) is 0 Å². The van der Waals surface area contributed by atoms with Crippen LogP contribution in [0.4, 0.5) is 0 Å². The lowest BCUT2D eigenvalue weighted by Crippen LogP contribution is -2.26. The second-order valence-electron chi connectivity index (χ2n) is 4.52. The fourth-order valence-corrected chi connectivity index (χ4v) is 1.61. The lowest BCUT2D eigenvalue weighted by atomic mass is 10.3. The van der Waals surface area contributed by atoms with Crippen LogP contribution in [0.5, 0.6) is 5.75 Å². The largest absolute Gasteiger partial charge is 0.484 e. The molecule has 0 saturated heterocycles. The van der Waals surface area contributed by atoms with Gasteiger partial charge in [0.05, 0.1) is 6.04 Å². The van der Waals surface area contributed by atoms with Gasteiger partial charge in [0.1, 0.15) is 5.75 Å². The molecule has 1 atom stereocenters. The maximum atomic E-state index is 5.95. The molecule has 0 aliphatic rings. The van der Waals surface area contributed by atoms with Gasteiger partial charge in [0.25, 0.3) is 5.89 Å². The molecule has 2 N–H and O–H groups in total. The standard InChI is InChI=1S/C13H18N4O2/c1-17(2)8-11(14)13-15-12(19-16-13)9-18-10-6-4-3-5-7-10/h3-7,11H,8-9,14H2,1-2H3. The smallest absolute Gasteiger partial charge is 0.264 e. The van der Waals surface area contributed by atoms with Crippen molar-refractivity contribution in [1.29, 1.82) is 0 Å². The monoisotopic (exact) mass is 262 g/mol. The molecule has 0 fully saturated rings. The normalized spacial score (nSPS) is 12.6. The molecule has 2 aromatic rings. The van der Waals surface area contributed by atoms with E-state index in [1.54, 1.807) is 0 Å². The number of para-hydroxylation sites is 1. The van der Waals surface area contributed by atoms with E-state index in [0.29, 0.717) is 18.3 Å². The van der Waals surface area contributed by atoms with Gasteiger partial charge in [-0.3, -0.25) is 0 Å². The Kier molecular flexibility index (Phi) is 4.48. The molecule has 0 saturated carbocycles. The van der Waals surface area contributed by atoms with Gasteiger partial charge < -0.3 is 19.9 Å². The van der Waals surface area contributed by atoms with Crippen LogP contribution in [0.15, 0.2) is 34.9 Å². The summed E-state index contributed by atoms with van der Waals surface area (Å²) in [5.74, 6) is 1.69. The Labute approximate surface area is 112 Å². The molecule has 1 aromatic heterocycles. The van der Waals surface area contributed by atoms with Crippen molar-refractivity contribution < 1.29 is 9.26 Å². The molecule has 0 aliphatic carbocycles. The first-order chi connectivity index (χ1) is 9.15. The minimum Gasteiger partial charge on any atom is -0.484 e. The molecule has 0 spiro atoms. The molecule has 19 heavy (non-hydrogen) atoms. The Morgan fingerprint density at radius 3 is 2.74 bits per heavy atom. The number of nitrogens with zero attached hydrogens (tertiary/aromatic N) is 3. The van der Waals surface area contributed by atoms with Crippen molar-refractivity contribution in [2.45, 2.75) is 12.6 Å². The molecule has 0 aliphatic heterocycles. The third kappa shape index (κ3) is 4.04. The Hall–Kier alpha value is -1.92. The van der Waals surface area contributed by atoms with Crippen molar-refractivity contribution >= 4 is 0 Å². The number of aromatic nitrogens is 2. The number of benzene rings is 1. The second-order valence-corrected chi connectivity index (χ2v) is 4.52. The highest BCUT2D eigenvalue weighted by Crippen LogP contribution is 2.12. The number of rotatable bonds is 6. The quantitative estimate of drug-likeness (QED) is 0.843. The molecule has 0 bridgehead atoms. The molecule has 1 aromatic carbocycles. The topological polar surface area (TPSA) is 77.4 Å². The molecule has 102 valence electrons. The van der Waals surface area contributed by atoms with Crippen molar-refractivity contribution in [3.8, 4) is 5.75 Å². The van der Waals surface area contributed by atoms with Gasteiger partial charge in [-0.2, -0.15) is 4.98 Å². The van der Waals surface area contributed by atoms with Crippen LogP contribution >= 0.6 is 0 Å². The van der Waals surface area contributed by atoms with E-state index in [1.807, 2.05) is 49.3 Å². The first-order valence-electron chi connectivity index (χ1n) is 6.06. The van der Waals surface area contributed by atoms with Gasteiger partial charge in [-0.15, -0.1) is 0 Å². The minimum absolute atomic E-state index is 0.242. The summed E-state index contributed by atoms with van der Waals surface area (Å²) in [6.45, 7) is 0.907. The molecular weight excluding hydrogens is 244 g/mol. The van der Waals surface area contributed by atoms with Crippen molar-refractivity contribution in [2.75, 3.05) is 20.6 Å². The van der Waals surface area contributed by atoms with Crippen LogP contribution in [0.2, 0.25) is 0 Å². The summed E-state index contributed by atoms with van der Waals surface area (Å²) in [5.41, 5.74) is 5.95. The summed E-state index contributed by atoms with van der Waals surface area (Å²) >= 11 is 0. The second kappa shape index (κ2) is 6.31. The summed E-state index contributed by atoms with van der Waals surface area (Å²) in [5, 5.41) is 3.86. The predicted octanol–water partition coefficient (Wildman–Crippen LogP) is 1.21. The van der Waals surface area contributed by atoms with Crippen LogP contribution in [-0.4, -0.2) is 35.7 Å². The van der Waals surface area contributed by atoms with Crippen molar-refractivity contribution in [3.63, 3.8) is 0 Å². The van der Waals surface area contributed by atoms with E-state index in [9.17, 15) is 0 Å². The first-order valence-corrected chi connectivity index (χ1v) is 6.06. The zero-order valence-corrected chi connectivity index (χ0v) is 11.1. The third-order valence-corrected chi connectivity index (χ3v) is 2.48. The van der Waals surface area contributed by atoms with Crippen LogP contribution in [0.3, 0.4) is 0 Å². The average molecular weight is 262 g/mol. The Bertz CT molecular complexity index is 498. The molecule has 6 nitrogen and oxygen atoms in total. The van der Waals surface area contributed by atoms with Crippen LogP contribution in [0, 0.1) is 0 Å². The summed E-state index contributed by atoms with van der Waals surface area (Å²) in [6, 6.07) is 9.22. The van der Waals surface area contributed by atoms with Gasteiger partial charge in [-0.1, -0.05) is 23.4 Å². The number of likely N-dealkylation sites (N-methyl/N-ethyl adjacent to an activating group) is 1. The van der Waals surface area contributed by atoms with Crippen LogP contribution in [0.1, 0.15) is 17.8 Å². The van der Waals surface area contributed by atoms with E-state index in [4.69, 9.17) is 15.0 Å². The summed E-state index contributed by atoms with van der Waals surface area (Å²) in [6.07, 6.45) is 0. The zero-order chi connectivity index (χ0) is 13.7. The number of nitrogens with two attached hydrogens (primary N) is 1. The molecule has 1 heterocycles. The van der Waals surface area contributed by atoms with Crippen molar-refractivity contribution in [1.82, 2.24) is 15.0 Å². The maximum Gasteiger partial charge on any atom is 0.264 e. The maximum absolute atomic E-state index is 5.95. The average Bonchev–Trinajstić information content (AvgIpc) is 2.86. The van der Waals surface area contributed by atoms with Gasteiger partial charge >= 0.3 is 0 Å². The van der Waals surface area contributed by atoms with Crippen LogP contribution < -0.4 is 10.5 Å². The highest BCUT2D eigenvalue weighted by Gasteiger charge is 2.15. The molecule has 1 unspecified atom stereocenters. The van der Waals surface area contributed by atoms with E-state index in [1.165, 1.54) is 0 Å². The number of hydrogen-bond donors (Lipinski definition) is 1. The van der Waals surface area contributed by atoms with Gasteiger partial charge in [0, 0.05) is 6.54 Å². The lowest BCUT2D eigenvalue weighted by molar-refractivity contribution is 0.242. The van der Waals surface area contributed by atoms with Crippen LogP contribution in [-0.2, 0) is 6.61 Å². The fraction of sp³-hybridized carbons (Fsp3) is 0.385. The predicted molar refractivity (Wildman–Crippen MR) is 70.6 cm³/mol. The lowest BCUT2D eigenvalue weighted by Gasteiger charge is -2.12. The highest BCUT2D eigenvalue weighted by atomic mass is 16.5. The summed E-state index contributed by atoms with van der Waals surface area (Å²) in [7, 11) is 3.89. The molecular formula is C13H18N4O2. The molecule has 2 rings (SSSR count). The molecule has 0 amide bonds.